The number of aryl methyl sites for hydroxylation is 1. The fraction of sp³-hybridized carbons (Fsp3) is 0.158. The van der Waals surface area contributed by atoms with Gasteiger partial charge in [-0.15, -0.1) is 11.3 Å². The number of nitrogens with zero attached hydrogens (tertiary/aromatic N) is 1. The summed E-state index contributed by atoms with van der Waals surface area (Å²) in [6.45, 7) is 1.89. The molecule has 3 aromatic rings. The molecule has 1 aromatic heterocycles. The average Bonchev–Trinajstić information content (AvgIpc) is 3.07. The number of rotatable bonds is 6. The zero-order valence-corrected chi connectivity index (χ0v) is 14.8. The van der Waals surface area contributed by atoms with E-state index < -0.39 is 0 Å². The maximum Gasteiger partial charge on any atom is 0.262 e. The summed E-state index contributed by atoms with van der Waals surface area (Å²) >= 11 is 1.60. The van der Waals surface area contributed by atoms with Gasteiger partial charge >= 0.3 is 0 Å². The van der Waals surface area contributed by atoms with Crippen LogP contribution in [-0.4, -0.2) is 24.6 Å². The monoisotopic (exact) mass is 354 g/mol. The Hall–Kier alpha value is -2.86. The molecule has 6 heteroatoms. The normalized spacial score (nSPS) is 10.3. The van der Waals surface area contributed by atoms with E-state index in [-0.39, 0.29) is 12.5 Å². The van der Waals surface area contributed by atoms with E-state index in [0.717, 1.165) is 16.3 Å². The molecule has 0 unspecified atom stereocenters. The molecular formula is C19H18N2O3S. The molecule has 128 valence electrons. The first-order valence-electron chi connectivity index (χ1n) is 7.74. The zero-order valence-electron chi connectivity index (χ0n) is 14.0. The first-order valence-corrected chi connectivity index (χ1v) is 8.62. The largest absolute Gasteiger partial charge is 0.495 e. The van der Waals surface area contributed by atoms with E-state index in [1.807, 2.05) is 48.7 Å². The molecule has 0 saturated carbocycles. The number of carbonyl (C=O) groups excluding carboxylic acids is 1. The lowest BCUT2D eigenvalue weighted by Crippen LogP contribution is -2.20. The number of hydrogen-bond donors (Lipinski definition) is 1. The molecule has 5 nitrogen and oxygen atoms in total. The number of aromatic nitrogens is 1. The van der Waals surface area contributed by atoms with Gasteiger partial charge in [0, 0.05) is 16.6 Å². The van der Waals surface area contributed by atoms with Crippen LogP contribution >= 0.6 is 11.3 Å². The van der Waals surface area contributed by atoms with Crippen molar-refractivity contribution in [2.45, 2.75) is 6.92 Å². The molecule has 2 aromatic carbocycles. The number of thiazole rings is 1. The molecule has 0 spiro atoms. The molecule has 0 saturated heterocycles. The molecule has 0 aliphatic carbocycles. The SMILES string of the molecule is COc1ccccc1NC(=O)COc1ccc(-c2nc(C)cs2)cc1. The second-order valence-corrected chi connectivity index (χ2v) is 6.21. The van der Waals surface area contributed by atoms with Crippen molar-refractivity contribution in [3.05, 3.63) is 59.6 Å². The van der Waals surface area contributed by atoms with Crippen molar-refractivity contribution < 1.29 is 14.3 Å². The predicted molar refractivity (Wildman–Crippen MR) is 99.4 cm³/mol. The van der Waals surface area contributed by atoms with Crippen molar-refractivity contribution in [2.75, 3.05) is 19.0 Å². The summed E-state index contributed by atoms with van der Waals surface area (Å²) in [7, 11) is 1.56. The first-order chi connectivity index (χ1) is 12.2. The molecule has 3 rings (SSSR count). The van der Waals surface area contributed by atoms with E-state index >= 15 is 0 Å². The van der Waals surface area contributed by atoms with Gasteiger partial charge < -0.3 is 14.8 Å². The Balaban J connectivity index is 1.57. The Bertz CT molecular complexity index is 859. The predicted octanol–water partition coefficient (Wildman–Crippen LogP) is 4.14. The number of nitrogens with one attached hydrogen (secondary N) is 1. The van der Waals surface area contributed by atoms with Crippen LogP contribution in [-0.2, 0) is 4.79 Å². The van der Waals surface area contributed by atoms with Crippen molar-refractivity contribution in [1.82, 2.24) is 4.98 Å². The summed E-state index contributed by atoms with van der Waals surface area (Å²) in [6, 6.07) is 14.8. The Morgan fingerprint density at radius 1 is 1.16 bits per heavy atom. The van der Waals surface area contributed by atoms with Gasteiger partial charge in [-0.3, -0.25) is 4.79 Å². The van der Waals surface area contributed by atoms with Gasteiger partial charge in [0.05, 0.1) is 12.8 Å². The molecule has 0 radical (unpaired) electrons. The van der Waals surface area contributed by atoms with Crippen LogP contribution in [0.1, 0.15) is 5.69 Å². The highest BCUT2D eigenvalue weighted by molar-refractivity contribution is 7.13. The standard InChI is InChI=1S/C19H18N2O3S/c1-13-12-25-19(20-13)14-7-9-15(10-8-14)24-11-18(22)21-16-5-3-4-6-17(16)23-2/h3-10,12H,11H2,1-2H3,(H,21,22). The fourth-order valence-electron chi connectivity index (χ4n) is 2.26. The minimum absolute atomic E-state index is 0.0756. The third-order valence-electron chi connectivity index (χ3n) is 3.47. The molecule has 0 fully saturated rings. The smallest absolute Gasteiger partial charge is 0.262 e. The van der Waals surface area contributed by atoms with Crippen LogP contribution < -0.4 is 14.8 Å². The maximum atomic E-state index is 12.0. The van der Waals surface area contributed by atoms with Gasteiger partial charge in [-0.2, -0.15) is 0 Å². The van der Waals surface area contributed by atoms with Gasteiger partial charge in [-0.1, -0.05) is 12.1 Å². The lowest BCUT2D eigenvalue weighted by Gasteiger charge is -2.10. The quantitative estimate of drug-likeness (QED) is 0.722. The van der Waals surface area contributed by atoms with Crippen molar-refractivity contribution in [3.63, 3.8) is 0 Å². The number of amides is 1. The number of benzene rings is 2. The van der Waals surface area contributed by atoms with Crippen LogP contribution in [0.3, 0.4) is 0 Å². The summed E-state index contributed by atoms with van der Waals surface area (Å²) in [5.41, 5.74) is 2.66. The number of ether oxygens (including phenoxy) is 2. The van der Waals surface area contributed by atoms with Gasteiger partial charge in [-0.05, 0) is 43.3 Å². The number of para-hydroxylation sites is 2. The molecule has 0 atom stereocenters. The number of hydrogen-bond acceptors (Lipinski definition) is 5. The molecular weight excluding hydrogens is 336 g/mol. The minimum atomic E-state index is -0.246. The number of anilines is 1. The molecule has 1 heterocycles. The third-order valence-corrected chi connectivity index (χ3v) is 4.48. The highest BCUT2D eigenvalue weighted by atomic mass is 32.1. The lowest BCUT2D eigenvalue weighted by molar-refractivity contribution is -0.118. The second-order valence-electron chi connectivity index (χ2n) is 5.36. The van der Waals surface area contributed by atoms with Gasteiger partial charge in [0.15, 0.2) is 6.61 Å². The van der Waals surface area contributed by atoms with E-state index in [2.05, 4.69) is 10.3 Å². The minimum Gasteiger partial charge on any atom is -0.495 e. The van der Waals surface area contributed by atoms with Gasteiger partial charge in [0.1, 0.15) is 16.5 Å². The van der Waals surface area contributed by atoms with Gasteiger partial charge in [0.2, 0.25) is 0 Å². The molecule has 1 amide bonds. The zero-order chi connectivity index (χ0) is 17.6. The van der Waals surface area contributed by atoms with Crippen LogP contribution in [0.5, 0.6) is 11.5 Å². The molecule has 1 N–H and O–H groups in total. The Kier molecular flexibility index (Phi) is 5.30. The number of methoxy groups -OCH3 is 1. The van der Waals surface area contributed by atoms with Crippen molar-refractivity contribution in [2.24, 2.45) is 0 Å². The molecule has 0 aliphatic rings. The van der Waals surface area contributed by atoms with Crippen LogP contribution in [0.15, 0.2) is 53.9 Å². The van der Waals surface area contributed by atoms with Gasteiger partial charge in [-0.25, -0.2) is 4.98 Å². The maximum absolute atomic E-state index is 12.0. The van der Waals surface area contributed by atoms with Crippen LogP contribution in [0.2, 0.25) is 0 Å². The Morgan fingerprint density at radius 3 is 2.60 bits per heavy atom. The highest BCUT2D eigenvalue weighted by Gasteiger charge is 2.08. The van der Waals surface area contributed by atoms with Crippen molar-refractivity contribution >= 4 is 22.9 Å². The first kappa shape index (κ1) is 17.0. The molecule has 0 bridgehead atoms. The summed E-state index contributed by atoms with van der Waals surface area (Å²) < 4.78 is 10.7. The van der Waals surface area contributed by atoms with Crippen molar-refractivity contribution in [1.29, 1.82) is 0 Å². The van der Waals surface area contributed by atoms with Gasteiger partial charge in [0.25, 0.3) is 5.91 Å². The van der Waals surface area contributed by atoms with E-state index in [0.29, 0.717) is 17.2 Å². The molecule has 25 heavy (non-hydrogen) atoms. The van der Waals surface area contributed by atoms with Crippen LogP contribution in [0, 0.1) is 6.92 Å². The van der Waals surface area contributed by atoms with E-state index in [1.165, 1.54) is 0 Å². The average molecular weight is 354 g/mol. The van der Waals surface area contributed by atoms with Crippen molar-refractivity contribution in [3.8, 4) is 22.1 Å². The fourth-order valence-corrected chi connectivity index (χ4v) is 3.07. The summed E-state index contributed by atoms with van der Waals surface area (Å²) in [5.74, 6) is 0.996. The van der Waals surface area contributed by atoms with E-state index in [4.69, 9.17) is 9.47 Å². The number of carbonyl (C=O) groups is 1. The van der Waals surface area contributed by atoms with E-state index in [1.54, 1.807) is 30.6 Å². The molecule has 0 aliphatic heterocycles. The topological polar surface area (TPSA) is 60.5 Å². The van der Waals surface area contributed by atoms with E-state index in [9.17, 15) is 4.79 Å². The Labute approximate surface area is 150 Å². The van der Waals surface area contributed by atoms with Crippen LogP contribution in [0.25, 0.3) is 10.6 Å². The Morgan fingerprint density at radius 2 is 1.92 bits per heavy atom. The third kappa shape index (κ3) is 4.36. The summed E-state index contributed by atoms with van der Waals surface area (Å²) in [4.78, 5) is 16.5. The summed E-state index contributed by atoms with van der Waals surface area (Å²) in [6.07, 6.45) is 0. The summed E-state index contributed by atoms with van der Waals surface area (Å²) in [5, 5.41) is 5.76. The highest BCUT2D eigenvalue weighted by Crippen LogP contribution is 2.26. The lowest BCUT2D eigenvalue weighted by atomic mass is 10.2. The van der Waals surface area contributed by atoms with Crippen LogP contribution in [0.4, 0.5) is 5.69 Å². The second kappa shape index (κ2) is 7.81.